The number of carbonyl (C=O) groups is 1. The van der Waals surface area contributed by atoms with Gasteiger partial charge < -0.3 is 10.5 Å². The van der Waals surface area contributed by atoms with E-state index in [1.165, 1.54) is 0 Å². The number of hydrogen-bond donors (Lipinski definition) is 1. The maximum absolute atomic E-state index is 11.6. The molecule has 0 aliphatic heterocycles. The van der Waals surface area contributed by atoms with Crippen molar-refractivity contribution in [1.29, 1.82) is 0 Å². The predicted molar refractivity (Wildman–Crippen MR) is 73.1 cm³/mol. The van der Waals surface area contributed by atoms with Crippen LogP contribution in [-0.4, -0.2) is 22.4 Å². The molecule has 0 saturated carbocycles. The van der Waals surface area contributed by atoms with Crippen LogP contribution in [0.25, 0.3) is 0 Å². The van der Waals surface area contributed by atoms with Gasteiger partial charge >= 0.3 is 5.97 Å². The number of nitrogens with zero attached hydrogens (tertiary/aromatic N) is 2. The lowest BCUT2D eigenvalue weighted by Crippen LogP contribution is -2.06. The number of esters is 1. The molecule has 0 atom stereocenters. The lowest BCUT2D eigenvalue weighted by molar-refractivity contribution is 0.0527. The minimum Gasteiger partial charge on any atom is -0.462 e. The van der Waals surface area contributed by atoms with Crippen molar-refractivity contribution < 1.29 is 9.53 Å². The number of hydrogen-bond acceptors (Lipinski definition) is 4. The lowest BCUT2D eigenvalue weighted by Gasteiger charge is -2.03. The molecule has 0 amide bonds. The molecule has 0 aliphatic rings. The van der Waals surface area contributed by atoms with E-state index in [-0.39, 0.29) is 11.4 Å². The third kappa shape index (κ3) is 3.06. The maximum atomic E-state index is 11.6. The second kappa shape index (κ2) is 5.75. The van der Waals surface area contributed by atoms with Crippen molar-refractivity contribution in [3.63, 3.8) is 0 Å². The summed E-state index contributed by atoms with van der Waals surface area (Å²) in [7, 11) is 0. The molecule has 2 N–H and O–H groups in total. The van der Waals surface area contributed by atoms with Crippen molar-refractivity contribution in [1.82, 2.24) is 9.78 Å². The number of rotatable bonds is 4. The lowest BCUT2D eigenvalue weighted by atomic mass is 10.2. The average molecular weight is 280 g/mol. The fraction of sp³-hybridized carbons (Fsp3) is 0.231. The quantitative estimate of drug-likeness (QED) is 0.872. The SMILES string of the molecule is CCOC(=O)c1cn(Cc2ccccc2Cl)nc1N. The van der Waals surface area contributed by atoms with E-state index in [0.717, 1.165) is 5.56 Å². The third-order valence-corrected chi connectivity index (χ3v) is 2.94. The molecule has 19 heavy (non-hydrogen) atoms. The number of benzene rings is 1. The molecule has 0 fully saturated rings. The first-order valence-electron chi connectivity index (χ1n) is 5.85. The summed E-state index contributed by atoms with van der Waals surface area (Å²) in [5, 5.41) is 4.73. The summed E-state index contributed by atoms with van der Waals surface area (Å²) >= 11 is 6.07. The maximum Gasteiger partial charge on any atom is 0.343 e. The van der Waals surface area contributed by atoms with E-state index in [4.69, 9.17) is 22.1 Å². The molecule has 1 heterocycles. The monoisotopic (exact) mass is 279 g/mol. The topological polar surface area (TPSA) is 70.1 Å². The Morgan fingerprint density at radius 2 is 2.21 bits per heavy atom. The Morgan fingerprint density at radius 3 is 2.89 bits per heavy atom. The van der Waals surface area contributed by atoms with E-state index in [9.17, 15) is 4.79 Å². The van der Waals surface area contributed by atoms with E-state index in [0.29, 0.717) is 18.2 Å². The van der Waals surface area contributed by atoms with E-state index in [2.05, 4.69) is 5.10 Å². The second-order valence-electron chi connectivity index (χ2n) is 3.94. The number of aromatic nitrogens is 2. The number of nitrogen functional groups attached to an aromatic ring is 1. The van der Waals surface area contributed by atoms with E-state index in [1.54, 1.807) is 23.9 Å². The molecule has 2 rings (SSSR count). The van der Waals surface area contributed by atoms with Crippen LogP contribution in [0, 0.1) is 0 Å². The zero-order valence-electron chi connectivity index (χ0n) is 10.5. The van der Waals surface area contributed by atoms with Gasteiger partial charge in [0, 0.05) is 11.2 Å². The number of nitrogens with two attached hydrogens (primary N) is 1. The van der Waals surface area contributed by atoms with E-state index < -0.39 is 5.97 Å². The molecular weight excluding hydrogens is 266 g/mol. The minimum atomic E-state index is -0.467. The van der Waals surface area contributed by atoms with Crippen LogP contribution in [-0.2, 0) is 11.3 Å². The van der Waals surface area contributed by atoms with Gasteiger partial charge in [-0.25, -0.2) is 4.79 Å². The van der Waals surface area contributed by atoms with Crippen LogP contribution >= 0.6 is 11.6 Å². The summed E-state index contributed by atoms with van der Waals surface area (Å²) in [6, 6.07) is 7.44. The van der Waals surface area contributed by atoms with E-state index in [1.807, 2.05) is 18.2 Å². The summed E-state index contributed by atoms with van der Waals surface area (Å²) in [5.41, 5.74) is 6.88. The number of ether oxygens (including phenoxy) is 1. The highest BCUT2D eigenvalue weighted by Crippen LogP contribution is 2.17. The Labute approximate surface area is 115 Å². The zero-order valence-corrected chi connectivity index (χ0v) is 11.2. The summed E-state index contributed by atoms with van der Waals surface area (Å²) in [4.78, 5) is 11.6. The smallest absolute Gasteiger partial charge is 0.343 e. The van der Waals surface area contributed by atoms with Gasteiger partial charge in [-0.15, -0.1) is 0 Å². The molecule has 1 aromatic carbocycles. The Hall–Kier alpha value is -2.01. The first-order valence-corrected chi connectivity index (χ1v) is 6.23. The van der Waals surface area contributed by atoms with Crippen molar-refractivity contribution in [3.8, 4) is 0 Å². The van der Waals surface area contributed by atoms with Gasteiger partial charge in [-0.2, -0.15) is 5.10 Å². The van der Waals surface area contributed by atoms with Gasteiger partial charge in [-0.1, -0.05) is 29.8 Å². The molecule has 100 valence electrons. The van der Waals surface area contributed by atoms with Crippen molar-refractivity contribution in [2.45, 2.75) is 13.5 Å². The van der Waals surface area contributed by atoms with Gasteiger partial charge in [0.05, 0.1) is 13.2 Å². The van der Waals surface area contributed by atoms with Gasteiger partial charge in [0.15, 0.2) is 5.82 Å². The highest BCUT2D eigenvalue weighted by Gasteiger charge is 2.15. The van der Waals surface area contributed by atoms with Crippen molar-refractivity contribution in [2.75, 3.05) is 12.3 Å². The van der Waals surface area contributed by atoms with Crippen molar-refractivity contribution in [2.24, 2.45) is 0 Å². The van der Waals surface area contributed by atoms with Gasteiger partial charge in [-0.3, -0.25) is 4.68 Å². The van der Waals surface area contributed by atoms with Crippen LogP contribution in [0.15, 0.2) is 30.5 Å². The molecule has 0 radical (unpaired) electrons. The predicted octanol–water partition coefficient (Wildman–Crippen LogP) is 2.34. The molecular formula is C13H14ClN3O2. The summed E-state index contributed by atoms with van der Waals surface area (Å²) < 4.78 is 6.47. The standard InChI is InChI=1S/C13H14ClN3O2/c1-2-19-13(18)10-8-17(16-12(10)15)7-9-5-3-4-6-11(9)14/h3-6,8H,2,7H2,1H3,(H2,15,16). The Bertz CT molecular complexity index is 595. The fourth-order valence-electron chi connectivity index (χ4n) is 1.68. The first-order chi connectivity index (χ1) is 9.11. The van der Waals surface area contributed by atoms with Gasteiger partial charge in [0.25, 0.3) is 0 Å². The van der Waals surface area contributed by atoms with Gasteiger partial charge in [-0.05, 0) is 18.6 Å². The van der Waals surface area contributed by atoms with Crippen LogP contribution < -0.4 is 5.73 Å². The van der Waals surface area contributed by atoms with Crippen molar-refractivity contribution >= 4 is 23.4 Å². The zero-order chi connectivity index (χ0) is 13.8. The van der Waals surface area contributed by atoms with Gasteiger partial charge in [0.2, 0.25) is 0 Å². The number of halogens is 1. The normalized spacial score (nSPS) is 10.4. The number of anilines is 1. The largest absolute Gasteiger partial charge is 0.462 e. The molecule has 5 nitrogen and oxygen atoms in total. The fourth-order valence-corrected chi connectivity index (χ4v) is 1.88. The molecule has 0 spiro atoms. The highest BCUT2D eigenvalue weighted by atomic mass is 35.5. The molecule has 0 saturated heterocycles. The van der Waals surface area contributed by atoms with Crippen LogP contribution in [0.3, 0.4) is 0 Å². The van der Waals surface area contributed by atoms with Crippen LogP contribution in [0.5, 0.6) is 0 Å². The Balaban J connectivity index is 2.21. The van der Waals surface area contributed by atoms with Gasteiger partial charge in [0.1, 0.15) is 5.56 Å². The first kappa shape index (κ1) is 13.4. The Morgan fingerprint density at radius 1 is 1.47 bits per heavy atom. The highest BCUT2D eigenvalue weighted by molar-refractivity contribution is 6.31. The second-order valence-corrected chi connectivity index (χ2v) is 4.34. The van der Waals surface area contributed by atoms with Crippen LogP contribution in [0.1, 0.15) is 22.8 Å². The average Bonchev–Trinajstić information content (AvgIpc) is 2.74. The van der Waals surface area contributed by atoms with Crippen molar-refractivity contribution in [3.05, 3.63) is 46.6 Å². The minimum absolute atomic E-state index is 0.158. The molecule has 1 aromatic heterocycles. The van der Waals surface area contributed by atoms with Crippen LogP contribution in [0.2, 0.25) is 5.02 Å². The summed E-state index contributed by atoms with van der Waals surface area (Å²) in [6.07, 6.45) is 1.57. The molecule has 0 unspecified atom stereocenters. The summed E-state index contributed by atoms with van der Waals surface area (Å²) in [6.45, 7) is 2.49. The molecule has 2 aromatic rings. The molecule has 0 aliphatic carbocycles. The number of carbonyl (C=O) groups excluding carboxylic acids is 1. The third-order valence-electron chi connectivity index (χ3n) is 2.58. The van der Waals surface area contributed by atoms with Crippen LogP contribution in [0.4, 0.5) is 5.82 Å². The molecule has 6 heteroatoms. The Kier molecular flexibility index (Phi) is 4.06. The van der Waals surface area contributed by atoms with E-state index >= 15 is 0 Å². The summed E-state index contributed by atoms with van der Waals surface area (Å²) in [5.74, 6) is -0.309. The molecule has 0 bridgehead atoms.